The SMILES string of the molecule is Cc1nc(CC(C)(N)c2cc(F)c(Cl)cc2Cl)cs1. The third-order valence-electron chi connectivity index (χ3n) is 2.84. The van der Waals surface area contributed by atoms with Crippen molar-refractivity contribution in [2.24, 2.45) is 5.73 Å². The summed E-state index contributed by atoms with van der Waals surface area (Å²) in [7, 11) is 0. The molecule has 1 aromatic carbocycles. The monoisotopic (exact) mass is 318 g/mol. The first kappa shape index (κ1) is 14.7. The third-order valence-corrected chi connectivity index (χ3v) is 4.26. The van der Waals surface area contributed by atoms with E-state index in [1.807, 2.05) is 12.3 Å². The van der Waals surface area contributed by atoms with Crippen LogP contribution in [0.25, 0.3) is 0 Å². The average molecular weight is 319 g/mol. The van der Waals surface area contributed by atoms with Crippen LogP contribution in [0.3, 0.4) is 0 Å². The molecule has 1 unspecified atom stereocenters. The minimum Gasteiger partial charge on any atom is -0.321 e. The van der Waals surface area contributed by atoms with Gasteiger partial charge < -0.3 is 5.73 Å². The molecule has 2 rings (SSSR count). The van der Waals surface area contributed by atoms with Crippen LogP contribution in [0.2, 0.25) is 10.0 Å². The van der Waals surface area contributed by atoms with Gasteiger partial charge in [-0.2, -0.15) is 0 Å². The number of benzene rings is 1. The third kappa shape index (κ3) is 3.26. The van der Waals surface area contributed by atoms with Gasteiger partial charge in [0.1, 0.15) is 5.82 Å². The molecule has 2 nitrogen and oxygen atoms in total. The summed E-state index contributed by atoms with van der Waals surface area (Å²) in [4.78, 5) is 4.37. The summed E-state index contributed by atoms with van der Waals surface area (Å²) in [6, 6.07) is 2.68. The second kappa shape index (κ2) is 5.37. The van der Waals surface area contributed by atoms with E-state index in [2.05, 4.69) is 4.98 Å². The van der Waals surface area contributed by atoms with Crippen LogP contribution in [0.1, 0.15) is 23.2 Å². The summed E-state index contributed by atoms with van der Waals surface area (Å²) in [6.07, 6.45) is 0.484. The summed E-state index contributed by atoms with van der Waals surface area (Å²) in [5.41, 5.74) is 6.87. The van der Waals surface area contributed by atoms with Gasteiger partial charge in [-0.05, 0) is 31.5 Å². The highest BCUT2D eigenvalue weighted by molar-refractivity contribution is 7.09. The molecular weight excluding hydrogens is 306 g/mol. The number of rotatable bonds is 3. The average Bonchev–Trinajstić information content (AvgIpc) is 2.68. The summed E-state index contributed by atoms with van der Waals surface area (Å²) < 4.78 is 13.6. The van der Waals surface area contributed by atoms with E-state index < -0.39 is 11.4 Å². The maximum atomic E-state index is 13.6. The van der Waals surface area contributed by atoms with Gasteiger partial charge in [0.15, 0.2) is 0 Å². The van der Waals surface area contributed by atoms with Gasteiger partial charge in [-0.3, -0.25) is 0 Å². The minimum absolute atomic E-state index is 0.00551. The first-order chi connectivity index (χ1) is 8.79. The lowest BCUT2D eigenvalue weighted by Crippen LogP contribution is -2.36. The van der Waals surface area contributed by atoms with Crippen LogP contribution in [0.4, 0.5) is 4.39 Å². The molecule has 0 radical (unpaired) electrons. The molecule has 0 aliphatic carbocycles. The molecule has 1 aromatic heterocycles. The number of halogens is 3. The number of thiazole rings is 1. The van der Waals surface area contributed by atoms with Crippen LogP contribution in [0.15, 0.2) is 17.5 Å². The van der Waals surface area contributed by atoms with E-state index in [0.29, 0.717) is 17.0 Å². The van der Waals surface area contributed by atoms with Gasteiger partial charge in [-0.15, -0.1) is 11.3 Å². The quantitative estimate of drug-likeness (QED) is 0.856. The Hall–Kier alpha value is -0.680. The number of hydrogen-bond donors (Lipinski definition) is 1. The van der Waals surface area contributed by atoms with Crippen LogP contribution in [-0.2, 0) is 12.0 Å². The lowest BCUT2D eigenvalue weighted by molar-refractivity contribution is 0.481. The van der Waals surface area contributed by atoms with E-state index in [1.165, 1.54) is 12.1 Å². The topological polar surface area (TPSA) is 38.9 Å². The number of aryl methyl sites for hydroxylation is 1. The summed E-state index contributed by atoms with van der Waals surface area (Å²) >= 11 is 13.4. The van der Waals surface area contributed by atoms with Crippen molar-refractivity contribution in [1.82, 2.24) is 4.98 Å². The lowest BCUT2D eigenvalue weighted by atomic mass is 9.88. The zero-order valence-corrected chi connectivity index (χ0v) is 12.8. The zero-order valence-electron chi connectivity index (χ0n) is 10.5. The Morgan fingerprint density at radius 2 is 2.05 bits per heavy atom. The number of aromatic nitrogens is 1. The normalized spacial score (nSPS) is 14.4. The zero-order chi connectivity index (χ0) is 14.2. The summed E-state index contributed by atoms with van der Waals surface area (Å²) in [6.45, 7) is 3.73. The van der Waals surface area contributed by atoms with Crippen molar-refractivity contribution in [2.45, 2.75) is 25.8 Å². The van der Waals surface area contributed by atoms with Crippen molar-refractivity contribution >= 4 is 34.5 Å². The Morgan fingerprint density at radius 1 is 1.37 bits per heavy atom. The molecule has 1 atom stereocenters. The molecule has 0 amide bonds. The Kier molecular flexibility index (Phi) is 4.16. The van der Waals surface area contributed by atoms with E-state index in [-0.39, 0.29) is 5.02 Å². The maximum Gasteiger partial charge on any atom is 0.142 e. The molecule has 2 N–H and O–H groups in total. The largest absolute Gasteiger partial charge is 0.321 e. The molecule has 0 saturated carbocycles. The fourth-order valence-corrected chi connectivity index (χ4v) is 3.13. The molecule has 6 heteroatoms. The van der Waals surface area contributed by atoms with Crippen molar-refractivity contribution in [2.75, 3.05) is 0 Å². The van der Waals surface area contributed by atoms with Crippen LogP contribution in [0.5, 0.6) is 0 Å². The molecule has 0 aliphatic rings. The standard InChI is InChI=1S/C13H13Cl2FN2S/c1-7-18-8(6-19-7)5-13(2,17)9-3-12(16)11(15)4-10(9)14/h3-4,6H,5,17H2,1-2H3. The first-order valence-electron chi connectivity index (χ1n) is 5.64. The predicted molar refractivity (Wildman–Crippen MR) is 78.5 cm³/mol. The summed E-state index contributed by atoms with van der Waals surface area (Å²) in [5.74, 6) is -0.521. The predicted octanol–water partition coefficient (Wildman–Crippen LogP) is 4.31. The van der Waals surface area contributed by atoms with Gasteiger partial charge >= 0.3 is 0 Å². The molecule has 2 aromatic rings. The second-order valence-corrected chi connectivity index (χ2v) is 6.57. The lowest BCUT2D eigenvalue weighted by Gasteiger charge is -2.25. The highest BCUT2D eigenvalue weighted by Gasteiger charge is 2.26. The second-order valence-electron chi connectivity index (χ2n) is 4.70. The Balaban J connectivity index is 2.36. The van der Waals surface area contributed by atoms with Crippen molar-refractivity contribution in [3.63, 3.8) is 0 Å². The Morgan fingerprint density at radius 3 is 2.63 bits per heavy atom. The Labute approximate surface area is 125 Å². The van der Waals surface area contributed by atoms with Crippen LogP contribution in [-0.4, -0.2) is 4.98 Å². The van der Waals surface area contributed by atoms with Gasteiger partial charge in [0.25, 0.3) is 0 Å². The molecule has 0 aliphatic heterocycles. The number of nitrogens with two attached hydrogens (primary N) is 1. The highest BCUT2D eigenvalue weighted by atomic mass is 35.5. The van der Waals surface area contributed by atoms with Gasteiger partial charge in [-0.1, -0.05) is 23.2 Å². The van der Waals surface area contributed by atoms with E-state index in [0.717, 1.165) is 10.7 Å². The first-order valence-corrected chi connectivity index (χ1v) is 7.28. The molecule has 19 heavy (non-hydrogen) atoms. The van der Waals surface area contributed by atoms with Crippen LogP contribution < -0.4 is 5.73 Å². The molecule has 1 heterocycles. The van der Waals surface area contributed by atoms with E-state index in [4.69, 9.17) is 28.9 Å². The van der Waals surface area contributed by atoms with Gasteiger partial charge in [0.2, 0.25) is 0 Å². The van der Waals surface area contributed by atoms with Crippen LogP contribution >= 0.6 is 34.5 Å². The molecule has 0 saturated heterocycles. The van der Waals surface area contributed by atoms with Gasteiger partial charge in [-0.25, -0.2) is 9.37 Å². The number of nitrogens with zero attached hydrogens (tertiary/aromatic N) is 1. The molecule has 0 fully saturated rings. The Bertz CT molecular complexity index is 611. The van der Waals surface area contributed by atoms with Gasteiger partial charge in [0.05, 0.1) is 15.7 Å². The fourth-order valence-electron chi connectivity index (χ4n) is 1.92. The van der Waals surface area contributed by atoms with Crippen molar-refractivity contribution in [3.8, 4) is 0 Å². The summed E-state index contributed by atoms with van der Waals surface area (Å²) in [5, 5.41) is 3.28. The van der Waals surface area contributed by atoms with Crippen molar-refractivity contribution in [1.29, 1.82) is 0 Å². The van der Waals surface area contributed by atoms with E-state index >= 15 is 0 Å². The highest BCUT2D eigenvalue weighted by Crippen LogP contribution is 2.32. The molecule has 0 spiro atoms. The smallest absolute Gasteiger partial charge is 0.142 e. The van der Waals surface area contributed by atoms with Gasteiger partial charge in [0, 0.05) is 22.4 Å². The van der Waals surface area contributed by atoms with Crippen LogP contribution in [0, 0.1) is 12.7 Å². The molecule has 102 valence electrons. The van der Waals surface area contributed by atoms with E-state index in [1.54, 1.807) is 18.3 Å². The molecular formula is C13H13Cl2FN2S. The van der Waals surface area contributed by atoms with E-state index in [9.17, 15) is 4.39 Å². The van der Waals surface area contributed by atoms with Crippen molar-refractivity contribution in [3.05, 3.63) is 49.6 Å². The maximum absolute atomic E-state index is 13.6. The number of hydrogen-bond acceptors (Lipinski definition) is 3. The molecule has 0 bridgehead atoms. The van der Waals surface area contributed by atoms with Crippen molar-refractivity contribution < 1.29 is 4.39 Å². The fraction of sp³-hybridized carbons (Fsp3) is 0.308. The minimum atomic E-state index is -0.803.